The second-order valence-corrected chi connectivity index (χ2v) is 5.39. The van der Waals surface area contributed by atoms with E-state index in [-0.39, 0.29) is 17.9 Å². The lowest BCUT2D eigenvalue weighted by atomic mass is 9.94. The molecule has 0 aliphatic heterocycles. The molecule has 2 unspecified atom stereocenters. The van der Waals surface area contributed by atoms with Crippen LogP contribution >= 0.6 is 0 Å². The first-order valence-corrected chi connectivity index (χ1v) is 6.48. The number of hydrogen-bond donors (Lipinski definition) is 2. The van der Waals surface area contributed by atoms with Crippen molar-refractivity contribution < 1.29 is 9.90 Å². The fourth-order valence-corrected chi connectivity index (χ4v) is 1.84. The maximum Gasteiger partial charge on any atom is 0.222 e. The monoisotopic (exact) mass is 244 g/mol. The van der Waals surface area contributed by atoms with Crippen LogP contribution < -0.4 is 5.73 Å². The van der Waals surface area contributed by atoms with Gasteiger partial charge in [-0.15, -0.1) is 0 Å². The van der Waals surface area contributed by atoms with Crippen LogP contribution in [-0.2, 0) is 4.79 Å². The molecule has 0 aliphatic carbocycles. The molecule has 0 saturated heterocycles. The maximum absolute atomic E-state index is 11.9. The van der Waals surface area contributed by atoms with E-state index in [1.165, 1.54) is 0 Å². The van der Waals surface area contributed by atoms with Crippen molar-refractivity contribution in [2.24, 2.45) is 17.6 Å². The zero-order valence-electron chi connectivity index (χ0n) is 11.6. The predicted octanol–water partition coefficient (Wildman–Crippen LogP) is 1.23. The van der Waals surface area contributed by atoms with Crippen LogP contribution in [-0.4, -0.2) is 42.2 Å². The number of amides is 1. The minimum atomic E-state index is -0.355. The summed E-state index contributed by atoms with van der Waals surface area (Å²) in [6.45, 7) is 7.19. The molecule has 0 spiro atoms. The van der Waals surface area contributed by atoms with Gasteiger partial charge in [-0.25, -0.2) is 0 Å². The van der Waals surface area contributed by atoms with Crippen LogP contribution in [0.5, 0.6) is 0 Å². The van der Waals surface area contributed by atoms with Crippen LogP contribution in [0.3, 0.4) is 0 Å². The predicted molar refractivity (Wildman–Crippen MR) is 70.6 cm³/mol. The molecule has 3 N–H and O–H groups in total. The van der Waals surface area contributed by atoms with Crippen molar-refractivity contribution in [3.05, 3.63) is 0 Å². The van der Waals surface area contributed by atoms with Gasteiger partial charge in [0.2, 0.25) is 5.91 Å². The first-order valence-electron chi connectivity index (χ1n) is 6.48. The summed E-state index contributed by atoms with van der Waals surface area (Å²) in [5.41, 5.74) is 5.68. The molecule has 17 heavy (non-hydrogen) atoms. The van der Waals surface area contributed by atoms with Crippen LogP contribution in [0.4, 0.5) is 0 Å². The third-order valence-electron chi connectivity index (χ3n) is 2.91. The van der Waals surface area contributed by atoms with Crippen LogP contribution in [0.25, 0.3) is 0 Å². The molecule has 0 heterocycles. The average Bonchev–Trinajstić information content (AvgIpc) is 2.23. The quantitative estimate of drug-likeness (QED) is 0.675. The van der Waals surface area contributed by atoms with Gasteiger partial charge in [0.1, 0.15) is 0 Å². The topological polar surface area (TPSA) is 66.6 Å². The van der Waals surface area contributed by atoms with Gasteiger partial charge in [0.15, 0.2) is 0 Å². The summed E-state index contributed by atoms with van der Waals surface area (Å²) in [6, 6.07) is 0. The third kappa shape index (κ3) is 8.16. The molecule has 4 heteroatoms. The van der Waals surface area contributed by atoms with Crippen molar-refractivity contribution in [3.8, 4) is 0 Å². The number of rotatable bonds is 8. The normalized spacial score (nSPS) is 14.8. The van der Waals surface area contributed by atoms with Crippen molar-refractivity contribution in [1.29, 1.82) is 0 Å². The van der Waals surface area contributed by atoms with E-state index in [1.807, 2.05) is 0 Å². The zero-order valence-corrected chi connectivity index (χ0v) is 11.6. The highest BCUT2D eigenvalue weighted by atomic mass is 16.3. The first kappa shape index (κ1) is 16.4. The van der Waals surface area contributed by atoms with Gasteiger partial charge in [0.05, 0.1) is 6.10 Å². The fraction of sp³-hybridized carbons (Fsp3) is 0.923. The van der Waals surface area contributed by atoms with E-state index in [4.69, 9.17) is 5.73 Å². The highest BCUT2D eigenvalue weighted by molar-refractivity contribution is 5.76. The van der Waals surface area contributed by atoms with Gasteiger partial charge in [-0.05, 0) is 38.1 Å². The zero-order chi connectivity index (χ0) is 13.4. The lowest BCUT2D eigenvalue weighted by Crippen LogP contribution is -2.32. The average molecular weight is 244 g/mol. The minimum Gasteiger partial charge on any atom is -0.393 e. The molecular weight excluding hydrogens is 216 g/mol. The second kappa shape index (κ2) is 8.48. The number of hydrogen-bond acceptors (Lipinski definition) is 3. The van der Waals surface area contributed by atoms with Crippen molar-refractivity contribution in [2.45, 2.75) is 46.1 Å². The van der Waals surface area contributed by atoms with Crippen molar-refractivity contribution in [1.82, 2.24) is 4.90 Å². The van der Waals surface area contributed by atoms with Gasteiger partial charge < -0.3 is 15.7 Å². The lowest BCUT2D eigenvalue weighted by molar-refractivity contribution is -0.131. The van der Waals surface area contributed by atoms with Gasteiger partial charge >= 0.3 is 0 Å². The number of carbonyl (C=O) groups is 1. The fourth-order valence-electron chi connectivity index (χ4n) is 1.84. The molecule has 0 saturated carbocycles. The molecule has 0 bridgehead atoms. The van der Waals surface area contributed by atoms with E-state index in [2.05, 4.69) is 13.8 Å². The van der Waals surface area contributed by atoms with Crippen LogP contribution in [0.2, 0.25) is 0 Å². The summed E-state index contributed by atoms with van der Waals surface area (Å²) in [5.74, 6) is 0.970. The van der Waals surface area contributed by atoms with E-state index in [0.717, 1.165) is 6.42 Å². The lowest BCUT2D eigenvalue weighted by Gasteiger charge is -2.22. The molecule has 4 nitrogen and oxygen atoms in total. The van der Waals surface area contributed by atoms with E-state index >= 15 is 0 Å². The Kier molecular flexibility index (Phi) is 8.17. The Morgan fingerprint density at radius 2 is 1.94 bits per heavy atom. The number of nitrogens with two attached hydrogens (primary N) is 1. The van der Waals surface area contributed by atoms with E-state index in [9.17, 15) is 9.90 Å². The smallest absolute Gasteiger partial charge is 0.222 e. The van der Waals surface area contributed by atoms with Crippen molar-refractivity contribution >= 4 is 5.91 Å². The van der Waals surface area contributed by atoms with E-state index in [1.54, 1.807) is 18.9 Å². The molecule has 0 aromatic carbocycles. The van der Waals surface area contributed by atoms with Gasteiger partial charge in [-0.2, -0.15) is 0 Å². The Morgan fingerprint density at radius 1 is 1.35 bits per heavy atom. The summed E-state index contributed by atoms with van der Waals surface area (Å²) >= 11 is 0. The number of aliphatic hydroxyl groups excluding tert-OH is 1. The Hall–Kier alpha value is -0.610. The Labute approximate surface area is 105 Å². The number of nitrogens with zero attached hydrogens (tertiary/aromatic N) is 1. The van der Waals surface area contributed by atoms with Gasteiger partial charge in [0.25, 0.3) is 0 Å². The molecule has 102 valence electrons. The summed E-state index contributed by atoms with van der Waals surface area (Å²) in [4.78, 5) is 13.6. The summed E-state index contributed by atoms with van der Waals surface area (Å²) in [6.07, 6.45) is 1.78. The molecule has 0 fully saturated rings. The second-order valence-electron chi connectivity index (χ2n) is 5.39. The van der Waals surface area contributed by atoms with Gasteiger partial charge in [0, 0.05) is 20.0 Å². The van der Waals surface area contributed by atoms with Gasteiger partial charge in [-0.1, -0.05) is 13.8 Å². The highest BCUT2D eigenvalue weighted by Crippen LogP contribution is 2.15. The summed E-state index contributed by atoms with van der Waals surface area (Å²) in [5, 5.41) is 9.17. The molecule has 0 rings (SSSR count). The highest BCUT2D eigenvalue weighted by Gasteiger charge is 2.17. The van der Waals surface area contributed by atoms with Crippen LogP contribution in [0.15, 0.2) is 0 Å². The first-order chi connectivity index (χ1) is 7.86. The minimum absolute atomic E-state index is 0.127. The molecule has 0 radical (unpaired) electrons. The SMILES string of the molecule is CC(C)CC(CN)CC(=O)N(C)CCC(C)O. The van der Waals surface area contributed by atoms with Crippen molar-refractivity contribution in [3.63, 3.8) is 0 Å². The standard InChI is InChI=1S/C13H28N2O2/c1-10(2)7-12(9-14)8-13(17)15(4)6-5-11(3)16/h10-12,16H,5-9,14H2,1-4H3. The van der Waals surface area contributed by atoms with Crippen LogP contribution in [0.1, 0.15) is 40.0 Å². The van der Waals surface area contributed by atoms with Crippen LogP contribution in [0, 0.1) is 11.8 Å². The van der Waals surface area contributed by atoms with Crippen molar-refractivity contribution in [2.75, 3.05) is 20.1 Å². The molecule has 0 aromatic rings. The molecule has 0 aromatic heterocycles. The number of aliphatic hydroxyl groups is 1. The third-order valence-corrected chi connectivity index (χ3v) is 2.91. The molecule has 1 amide bonds. The maximum atomic E-state index is 11.9. The Bertz CT molecular complexity index is 217. The summed E-state index contributed by atoms with van der Waals surface area (Å²) < 4.78 is 0. The largest absolute Gasteiger partial charge is 0.393 e. The molecule has 0 aliphatic rings. The van der Waals surface area contributed by atoms with Gasteiger partial charge in [-0.3, -0.25) is 4.79 Å². The van der Waals surface area contributed by atoms with E-state index < -0.39 is 0 Å². The van der Waals surface area contributed by atoms with E-state index in [0.29, 0.717) is 31.8 Å². The molecule has 2 atom stereocenters. The number of carbonyl (C=O) groups excluding carboxylic acids is 1. The Balaban J connectivity index is 4.03. The molecular formula is C13H28N2O2. The Morgan fingerprint density at radius 3 is 2.35 bits per heavy atom. The summed E-state index contributed by atoms with van der Waals surface area (Å²) in [7, 11) is 1.79.